The van der Waals surface area contributed by atoms with Gasteiger partial charge in [0.1, 0.15) is 16.4 Å². The lowest BCUT2D eigenvalue weighted by atomic mass is 10.2. The van der Waals surface area contributed by atoms with Gasteiger partial charge in [-0.1, -0.05) is 6.92 Å². The molecule has 0 bridgehead atoms. The lowest BCUT2D eigenvalue weighted by molar-refractivity contribution is 0.393. The molecule has 0 aromatic heterocycles. The molecule has 0 radical (unpaired) electrons. The van der Waals surface area contributed by atoms with Crippen LogP contribution in [0.1, 0.15) is 20.8 Å². The number of methoxy groups -OCH3 is 2. The van der Waals surface area contributed by atoms with Crippen molar-refractivity contribution in [3.63, 3.8) is 0 Å². The highest BCUT2D eigenvalue weighted by Crippen LogP contribution is 2.36. The van der Waals surface area contributed by atoms with E-state index in [1.807, 2.05) is 13.8 Å². The van der Waals surface area contributed by atoms with E-state index in [0.29, 0.717) is 17.2 Å². The molecule has 5 nitrogen and oxygen atoms in total. The maximum absolute atomic E-state index is 12.0. The van der Waals surface area contributed by atoms with E-state index in [1.165, 1.54) is 20.3 Å². The quantitative estimate of drug-likeness (QED) is 0.870. The maximum atomic E-state index is 12.0. The van der Waals surface area contributed by atoms with Gasteiger partial charge in [-0.2, -0.15) is 0 Å². The summed E-state index contributed by atoms with van der Waals surface area (Å²) in [5.74, 6) is 0.830. The molecule has 0 aliphatic rings. The van der Waals surface area contributed by atoms with Crippen LogP contribution in [0.15, 0.2) is 17.0 Å². The molecular weight excluding hydrogens is 266 g/mol. The molecule has 19 heavy (non-hydrogen) atoms. The van der Waals surface area contributed by atoms with E-state index in [1.54, 1.807) is 13.0 Å². The second-order valence-corrected chi connectivity index (χ2v) is 6.65. The summed E-state index contributed by atoms with van der Waals surface area (Å²) in [7, 11) is -0.388. The van der Waals surface area contributed by atoms with Crippen molar-refractivity contribution in [1.29, 1.82) is 0 Å². The van der Waals surface area contributed by atoms with Gasteiger partial charge in [0, 0.05) is 18.2 Å². The van der Waals surface area contributed by atoms with Gasteiger partial charge in [0.2, 0.25) is 0 Å². The monoisotopic (exact) mass is 287 g/mol. The first-order chi connectivity index (χ1) is 8.85. The normalized spacial score (nSPS) is 11.5. The Morgan fingerprint density at radius 3 is 2.16 bits per heavy atom. The molecule has 108 valence electrons. The fourth-order valence-electron chi connectivity index (χ4n) is 1.69. The maximum Gasteiger partial charge on any atom is 0.181 e. The predicted octanol–water partition coefficient (Wildman–Crippen LogP) is 2.32. The van der Waals surface area contributed by atoms with Crippen LogP contribution in [0.25, 0.3) is 0 Å². The Hall–Kier alpha value is -1.43. The summed E-state index contributed by atoms with van der Waals surface area (Å²) in [6, 6.07) is 3.36. The van der Waals surface area contributed by atoms with Crippen LogP contribution in [0.4, 0.5) is 5.69 Å². The highest BCUT2D eigenvalue weighted by atomic mass is 32.2. The minimum atomic E-state index is -3.35. The molecule has 0 saturated heterocycles. The van der Waals surface area contributed by atoms with Crippen molar-refractivity contribution in [2.24, 2.45) is 0 Å². The molecule has 1 rings (SSSR count). The van der Waals surface area contributed by atoms with Gasteiger partial charge in [-0.15, -0.1) is 0 Å². The molecule has 0 atom stereocenters. The van der Waals surface area contributed by atoms with Crippen LogP contribution in [0, 0.1) is 0 Å². The number of hydrogen-bond acceptors (Lipinski definition) is 5. The average molecular weight is 287 g/mol. The highest BCUT2D eigenvalue weighted by molar-refractivity contribution is 7.91. The summed E-state index contributed by atoms with van der Waals surface area (Å²) < 4.78 is 34.5. The summed E-state index contributed by atoms with van der Waals surface area (Å²) in [5, 5.41) is 3.20. The predicted molar refractivity (Wildman–Crippen MR) is 76.0 cm³/mol. The van der Waals surface area contributed by atoms with Gasteiger partial charge >= 0.3 is 0 Å². The average Bonchev–Trinajstić information content (AvgIpc) is 2.37. The fourth-order valence-corrected chi connectivity index (χ4v) is 2.74. The fraction of sp³-hybridized carbons (Fsp3) is 0.538. The van der Waals surface area contributed by atoms with Crippen LogP contribution < -0.4 is 14.8 Å². The zero-order chi connectivity index (χ0) is 14.6. The number of hydrogen-bond donors (Lipinski definition) is 1. The second kappa shape index (κ2) is 6.14. The number of ether oxygens (including phenoxy) is 2. The van der Waals surface area contributed by atoms with Crippen molar-refractivity contribution in [3.05, 3.63) is 12.1 Å². The molecule has 0 unspecified atom stereocenters. The van der Waals surface area contributed by atoms with Gasteiger partial charge in [-0.05, 0) is 13.8 Å². The van der Waals surface area contributed by atoms with Gasteiger partial charge in [0.25, 0.3) is 0 Å². The largest absolute Gasteiger partial charge is 0.495 e. The van der Waals surface area contributed by atoms with Crippen LogP contribution in [0.3, 0.4) is 0 Å². The lowest BCUT2D eigenvalue weighted by Crippen LogP contribution is -2.12. The highest BCUT2D eigenvalue weighted by Gasteiger charge is 2.21. The zero-order valence-corrected chi connectivity index (χ0v) is 12.8. The Kier molecular flexibility index (Phi) is 5.05. The first-order valence-electron chi connectivity index (χ1n) is 6.11. The van der Waals surface area contributed by atoms with Crippen LogP contribution in [0.2, 0.25) is 0 Å². The Bertz CT molecular complexity index is 538. The van der Waals surface area contributed by atoms with Gasteiger partial charge < -0.3 is 14.8 Å². The molecule has 0 fully saturated rings. The molecule has 0 amide bonds. The van der Waals surface area contributed by atoms with E-state index in [0.717, 1.165) is 0 Å². The summed E-state index contributed by atoms with van der Waals surface area (Å²) in [6.45, 7) is 5.58. The second-order valence-electron chi connectivity index (χ2n) is 4.41. The number of nitrogens with one attached hydrogen (secondary N) is 1. The minimum Gasteiger partial charge on any atom is -0.495 e. The van der Waals surface area contributed by atoms with Crippen molar-refractivity contribution in [2.45, 2.75) is 31.7 Å². The molecular formula is C13H21NO4S. The van der Waals surface area contributed by atoms with E-state index in [2.05, 4.69) is 5.32 Å². The molecule has 0 aliphatic carbocycles. The Morgan fingerprint density at radius 2 is 1.74 bits per heavy atom. The van der Waals surface area contributed by atoms with E-state index in [4.69, 9.17) is 9.47 Å². The molecule has 0 saturated carbocycles. The Labute approximate surface area is 114 Å². The van der Waals surface area contributed by atoms with Crippen molar-refractivity contribution < 1.29 is 17.9 Å². The van der Waals surface area contributed by atoms with Crippen molar-refractivity contribution >= 4 is 15.5 Å². The summed E-state index contributed by atoms with van der Waals surface area (Å²) in [4.78, 5) is 0.156. The van der Waals surface area contributed by atoms with Crippen LogP contribution in [-0.4, -0.2) is 34.4 Å². The van der Waals surface area contributed by atoms with Crippen LogP contribution in [-0.2, 0) is 9.84 Å². The van der Waals surface area contributed by atoms with E-state index in [-0.39, 0.29) is 16.7 Å². The van der Waals surface area contributed by atoms with Crippen molar-refractivity contribution in [1.82, 2.24) is 0 Å². The smallest absolute Gasteiger partial charge is 0.181 e. The molecule has 6 heteroatoms. The first kappa shape index (κ1) is 15.6. The van der Waals surface area contributed by atoms with E-state index >= 15 is 0 Å². The summed E-state index contributed by atoms with van der Waals surface area (Å²) in [5.41, 5.74) is 0.712. The third-order valence-corrected chi connectivity index (χ3v) is 4.39. The SMILES string of the molecule is CCS(=O)(=O)c1cc(OC)c(NC(C)C)cc1OC. The van der Waals surface area contributed by atoms with Gasteiger partial charge in [-0.25, -0.2) is 8.42 Å². The lowest BCUT2D eigenvalue weighted by Gasteiger charge is -2.17. The van der Waals surface area contributed by atoms with Crippen molar-refractivity contribution in [2.75, 3.05) is 25.3 Å². The van der Waals surface area contributed by atoms with Gasteiger partial charge in [-0.3, -0.25) is 0 Å². The van der Waals surface area contributed by atoms with E-state index < -0.39 is 9.84 Å². The Morgan fingerprint density at radius 1 is 1.16 bits per heavy atom. The van der Waals surface area contributed by atoms with Gasteiger partial charge in [0.15, 0.2) is 9.84 Å². The minimum absolute atomic E-state index is 0.0173. The third-order valence-electron chi connectivity index (χ3n) is 2.65. The summed E-state index contributed by atoms with van der Waals surface area (Å²) >= 11 is 0. The molecule has 0 spiro atoms. The van der Waals surface area contributed by atoms with E-state index in [9.17, 15) is 8.42 Å². The topological polar surface area (TPSA) is 64.6 Å². The molecule has 1 aromatic rings. The number of benzene rings is 1. The Balaban J connectivity index is 3.44. The number of anilines is 1. The number of sulfone groups is 1. The zero-order valence-electron chi connectivity index (χ0n) is 12.0. The molecule has 1 aromatic carbocycles. The molecule has 1 N–H and O–H groups in total. The van der Waals surface area contributed by atoms with Crippen molar-refractivity contribution in [3.8, 4) is 11.5 Å². The summed E-state index contributed by atoms with van der Waals surface area (Å²) in [6.07, 6.45) is 0. The molecule has 0 aliphatic heterocycles. The number of rotatable bonds is 6. The molecule has 0 heterocycles. The standard InChI is InChI=1S/C13H21NO4S/c1-6-19(15,16)13-8-11(17-4)10(14-9(2)3)7-12(13)18-5/h7-9,14H,6H2,1-5H3. The van der Waals surface area contributed by atoms with Crippen LogP contribution >= 0.6 is 0 Å². The van der Waals surface area contributed by atoms with Gasteiger partial charge in [0.05, 0.1) is 25.7 Å². The first-order valence-corrected chi connectivity index (χ1v) is 7.76. The van der Waals surface area contributed by atoms with Crippen LogP contribution in [0.5, 0.6) is 11.5 Å². The third kappa shape index (κ3) is 3.53.